The Balaban J connectivity index is 3.32. The Hall–Kier alpha value is -0.710. The number of carbonyl (C=O) groups excluding carboxylic acids is 2. The van der Waals surface area contributed by atoms with E-state index in [-0.39, 0.29) is 12.5 Å². The first-order chi connectivity index (χ1) is 6.70. The first-order valence-corrected chi connectivity index (χ1v) is 5.77. The summed E-state index contributed by atoms with van der Waals surface area (Å²) in [5, 5.41) is 2.48. The number of unbranched alkanes of at least 4 members (excludes halogenated alkanes) is 1. The van der Waals surface area contributed by atoms with Crippen LogP contribution in [0.15, 0.2) is 0 Å². The van der Waals surface area contributed by atoms with Crippen LogP contribution in [-0.2, 0) is 14.3 Å². The third kappa shape index (κ3) is 7.91. The molecule has 14 heavy (non-hydrogen) atoms. The number of ether oxygens (including phenoxy) is 1. The fourth-order valence-electron chi connectivity index (χ4n) is 0.705. The lowest BCUT2D eigenvalue weighted by molar-refractivity contribution is -0.140. The highest BCUT2D eigenvalue weighted by molar-refractivity contribution is 7.99. The van der Waals surface area contributed by atoms with Gasteiger partial charge < -0.3 is 10.1 Å². The van der Waals surface area contributed by atoms with Gasteiger partial charge in [0.15, 0.2) is 0 Å². The van der Waals surface area contributed by atoms with Gasteiger partial charge in [0.05, 0.1) is 12.9 Å². The Morgan fingerprint density at radius 3 is 2.71 bits per heavy atom. The molecule has 82 valence electrons. The highest BCUT2D eigenvalue weighted by Crippen LogP contribution is 2.03. The number of hydrogen-bond acceptors (Lipinski definition) is 4. The fraction of sp³-hybridized carbons (Fsp3) is 0.778. The Bertz CT molecular complexity index is 185. The molecule has 0 aromatic rings. The number of esters is 1. The zero-order valence-electron chi connectivity index (χ0n) is 8.67. The Morgan fingerprint density at radius 1 is 1.43 bits per heavy atom. The summed E-state index contributed by atoms with van der Waals surface area (Å²) in [6.07, 6.45) is 2.26. The monoisotopic (exact) mass is 219 g/mol. The number of methoxy groups -OCH3 is 1. The molecule has 5 heteroatoms. The molecule has 4 nitrogen and oxygen atoms in total. The normalized spacial score (nSPS) is 9.57. The van der Waals surface area contributed by atoms with Crippen LogP contribution < -0.4 is 5.32 Å². The Labute approximate surface area is 88.8 Å². The van der Waals surface area contributed by atoms with Crippen LogP contribution in [0, 0.1) is 0 Å². The minimum Gasteiger partial charge on any atom is -0.468 e. The molecule has 0 rings (SSSR count). The molecule has 0 spiro atoms. The lowest BCUT2D eigenvalue weighted by Crippen LogP contribution is -2.31. The molecule has 0 aromatic heterocycles. The number of rotatable bonds is 7. The summed E-state index contributed by atoms with van der Waals surface area (Å²) in [6.45, 7) is 2.07. The van der Waals surface area contributed by atoms with Crippen LogP contribution in [0.5, 0.6) is 0 Å². The summed E-state index contributed by atoms with van der Waals surface area (Å²) in [5.41, 5.74) is 0. The van der Waals surface area contributed by atoms with Gasteiger partial charge in [-0.15, -0.1) is 0 Å². The quantitative estimate of drug-likeness (QED) is 0.508. The summed E-state index contributed by atoms with van der Waals surface area (Å²) in [5.74, 6) is 0.868. The van der Waals surface area contributed by atoms with Crippen LogP contribution in [0.4, 0.5) is 0 Å². The smallest absolute Gasteiger partial charge is 0.325 e. The average molecular weight is 219 g/mol. The molecule has 0 unspecified atom stereocenters. The number of nitrogens with one attached hydrogen (secondary N) is 1. The lowest BCUT2D eigenvalue weighted by Gasteiger charge is -2.03. The summed E-state index contributed by atoms with van der Waals surface area (Å²) in [6, 6.07) is 0. The maximum absolute atomic E-state index is 11.1. The minimum atomic E-state index is -0.420. The summed E-state index contributed by atoms with van der Waals surface area (Å²) in [7, 11) is 1.30. The van der Waals surface area contributed by atoms with Gasteiger partial charge in [-0.1, -0.05) is 13.3 Å². The molecule has 0 aliphatic rings. The molecule has 0 aromatic carbocycles. The zero-order chi connectivity index (χ0) is 10.8. The highest BCUT2D eigenvalue weighted by atomic mass is 32.2. The molecule has 0 saturated heterocycles. The van der Waals surface area contributed by atoms with Crippen LogP contribution in [0.25, 0.3) is 0 Å². The largest absolute Gasteiger partial charge is 0.468 e. The molecular formula is C9H17NO3S. The van der Waals surface area contributed by atoms with Crippen molar-refractivity contribution in [1.29, 1.82) is 0 Å². The maximum atomic E-state index is 11.1. The first kappa shape index (κ1) is 13.3. The van der Waals surface area contributed by atoms with Crippen LogP contribution in [0.2, 0.25) is 0 Å². The molecule has 1 amide bonds. The topological polar surface area (TPSA) is 55.4 Å². The van der Waals surface area contributed by atoms with Crippen molar-refractivity contribution in [3.05, 3.63) is 0 Å². The predicted octanol–water partition coefficient (Wildman–Crippen LogP) is 0.809. The number of thioether (sulfide) groups is 1. The van der Waals surface area contributed by atoms with Gasteiger partial charge in [-0.3, -0.25) is 9.59 Å². The second-order valence-electron chi connectivity index (χ2n) is 2.76. The van der Waals surface area contributed by atoms with Gasteiger partial charge in [-0.05, 0) is 12.2 Å². The molecule has 1 N–H and O–H groups in total. The Kier molecular flexibility index (Phi) is 8.42. The van der Waals surface area contributed by atoms with Crippen molar-refractivity contribution >= 4 is 23.6 Å². The third-order valence-corrected chi connectivity index (χ3v) is 2.58. The second-order valence-corrected chi connectivity index (χ2v) is 3.86. The van der Waals surface area contributed by atoms with Crippen molar-refractivity contribution in [3.8, 4) is 0 Å². The minimum absolute atomic E-state index is 0.0380. The van der Waals surface area contributed by atoms with E-state index in [1.54, 1.807) is 11.8 Å². The molecule has 0 radical (unpaired) electrons. The van der Waals surface area contributed by atoms with Crippen molar-refractivity contribution in [2.45, 2.75) is 19.8 Å². The van der Waals surface area contributed by atoms with E-state index in [0.717, 1.165) is 18.6 Å². The van der Waals surface area contributed by atoms with Gasteiger partial charge >= 0.3 is 5.97 Å². The van der Waals surface area contributed by atoms with Crippen LogP contribution in [0.3, 0.4) is 0 Å². The van der Waals surface area contributed by atoms with E-state index in [2.05, 4.69) is 17.0 Å². The predicted molar refractivity (Wildman–Crippen MR) is 57.3 cm³/mol. The number of carbonyl (C=O) groups is 2. The van der Waals surface area contributed by atoms with E-state index in [9.17, 15) is 9.59 Å². The molecule has 0 fully saturated rings. The van der Waals surface area contributed by atoms with Crippen molar-refractivity contribution < 1.29 is 14.3 Å². The van der Waals surface area contributed by atoms with Crippen molar-refractivity contribution in [3.63, 3.8) is 0 Å². The molecule has 0 aliphatic heterocycles. The van der Waals surface area contributed by atoms with E-state index < -0.39 is 5.97 Å². The van der Waals surface area contributed by atoms with Crippen molar-refractivity contribution in [2.75, 3.05) is 25.2 Å². The van der Waals surface area contributed by atoms with Crippen molar-refractivity contribution in [2.24, 2.45) is 0 Å². The summed E-state index contributed by atoms with van der Waals surface area (Å²) in [4.78, 5) is 21.7. The maximum Gasteiger partial charge on any atom is 0.325 e. The van der Waals surface area contributed by atoms with Crippen LogP contribution in [0.1, 0.15) is 19.8 Å². The number of amides is 1. The van der Waals surface area contributed by atoms with E-state index >= 15 is 0 Å². The summed E-state index contributed by atoms with van der Waals surface area (Å²) < 4.78 is 4.38. The van der Waals surface area contributed by atoms with E-state index in [4.69, 9.17) is 0 Å². The van der Waals surface area contributed by atoms with Crippen molar-refractivity contribution in [1.82, 2.24) is 5.32 Å². The van der Waals surface area contributed by atoms with Gasteiger partial charge in [-0.25, -0.2) is 0 Å². The average Bonchev–Trinajstić information content (AvgIpc) is 2.21. The van der Waals surface area contributed by atoms with Gasteiger partial charge in [0.2, 0.25) is 5.91 Å². The fourth-order valence-corrected chi connectivity index (χ4v) is 1.63. The molecule has 0 saturated carbocycles. The molecule has 0 bridgehead atoms. The van der Waals surface area contributed by atoms with Crippen LogP contribution >= 0.6 is 11.8 Å². The first-order valence-electron chi connectivity index (χ1n) is 4.62. The standard InChI is InChI=1S/C9H17NO3S/c1-3-4-5-14-7-8(11)10-6-9(12)13-2/h3-7H2,1-2H3,(H,10,11). The van der Waals surface area contributed by atoms with E-state index in [1.165, 1.54) is 7.11 Å². The Morgan fingerprint density at radius 2 is 2.14 bits per heavy atom. The molecular weight excluding hydrogens is 202 g/mol. The third-order valence-electron chi connectivity index (χ3n) is 1.53. The lowest BCUT2D eigenvalue weighted by atomic mass is 10.4. The van der Waals surface area contributed by atoms with Gasteiger partial charge in [0.1, 0.15) is 6.54 Å². The van der Waals surface area contributed by atoms with E-state index in [0.29, 0.717) is 5.75 Å². The van der Waals surface area contributed by atoms with Gasteiger partial charge in [-0.2, -0.15) is 11.8 Å². The van der Waals surface area contributed by atoms with Gasteiger partial charge in [0.25, 0.3) is 0 Å². The van der Waals surface area contributed by atoms with E-state index in [1.807, 2.05) is 0 Å². The zero-order valence-corrected chi connectivity index (χ0v) is 9.49. The summed E-state index contributed by atoms with van der Waals surface area (Å²) >= 11 is 1.58. The number of hydrogen-bond donors (Lipinski definition) is 1. The SMILES string of the molecule is CCCCSCC(=O)NCC(=O)OC. The van der Waals surface area contributed by atoms with Crippen LogP contribution in [-0.4, -0.2) is 37.0 Å². The molecule has 0 aliphatic carbocycles. The second kappa shape index (κ2) is 8.87. The molecule has 0 heterocycles. The van der Waals surface area contributed by atoms with Gasteiger partial charge in [0, 0.05) is 0 Å². The molecule has 0 atom stereocenters. The highest BCUT2D eigenvalue weighted by Gasteiger charge is 2.04.